The van der Waals surface area contributed by atoms with Gasteiger partial charge in [-0.3, -0.25) is 9.59 Å². The Morgan fingerprint density at radius 3 is 3.00 bits per heavy atom. The first kappa shape index (κ1) is 13.5. The van der Waals surface area contributed by atoms with Crippen molar-refractivity contribution in [3.63, 3.8) is 0 Å². The Bertz CT molecular complexity index is 619. The Kier molecular flexibility index (Phi) is 4.13. The van der Waals surface area contributed by atoms with E-state index in [1.165, 1.54) is 23.6 Å². The second-order valence-electron chi connectivity index (χ2n) is 4.18. The maximum Gasteiger partial charge on any atom is 0.256 e. The molecule has 19 heavy (non-hydrogen) atoms. The van der Waals surface area contributed by atoms with E-state index in [0.29, 0.717) is 5.69 Å². The summed E-state index contributed by atoms with van der Waals surface area (Å²) >= 11 is 1.47. The fourth-order valence-corrected chi connectivity index (χ4v) is 2.32. The van der Waals surface area contributed by atoms with Crippen LogP contribution in [0.4, 0.5) is 0 Å². The lowest BCUT2D eigenvalue weighted by atomic mass is 10.2. The Morgan fingerprint density at radius 2 is 2.37 bits per heavy atom. The van der Waals surface area contributed by atoms with E-state index in [1.807, 2.05) is 10.8 Å². The van der Waals surface area contributed by atoms with Crippen LogP contribution < -0.4 is 10.7 Å². The van der Waals surface area contributed by atoms with Crippen molar-refractivity contribution in [2.45, 2.75) is 13.0 Å². The van der Waals surface area contributed by atoms with E-state index in [0.717, 1.165) is 5.56 Å². The highest BCUT2D eigenvalue weighted by molar-refractivity contribution is 7.07. The molecule has 0 saturated heterocycles. The number of aromatic nitrogens is 1. The van der Waals surface area contributed by atoms with Crippen molar-refractivity contribution >= 4 is 17.2 Å². The summed E-state index contributed by atoms with van der Waals surface area (Å²) in [5, 5.41) is 16.0. The zero-order valence-corrected chi connectivity index (χ0v) is 11.2. The van der Waals surface area contributed by atoms with Crippen LogP contribution in [0, 0.1) is 6.92 Å². The minimum absolute atomic E-state index is 0.0446. The minimum atomic E-state index is -0.764. The number of aromatic amines is 1. The fraction of sp³-hybridized carbons (Fsp3) is 0.231. The van der Waals surface area contributed by atoms with Gasteiger partial charge in [0.1, 0.15) is 5.56 Å². The largest absolute Gasteiger partial charge is 0.387 e. The molecule has 1 atom stereocenters. The number of aryl methyl sites for hydroxylation is 1. The minimum Gasteiger partial charge on any atom is -0.387 e. The van der Waals surface area contributed by atoms with Crippen molar-refractivity contribution in [3.05, 3.63) is 56.1 Å². The topological polar surface area (TPSA) is 82.2 Å². The van der Waals surface area contributed by atoms with Crippen LogP contribution in [0.5, 0.6) is 0 Å². The van der Waals surface area contributed by atoms with Crippen LogP contribution >= 0.6 is 11.3 Å². The summed E-state index contributed by atoms with van der Waals surface area (Å²) in [4.78, 5) is 26.2. The summed E-state index contributed by atoms with van der Waals surface area (Å²) in [5.74, 6) is -0.490. The Morgan fingerprint density at radius 1 is 1.58 bits per heavy atom. The van der Waals surface area contributed by atoms with Gasteiger partial charge in [-0.05, 0) is 29.3 Å². The van der Waals surface area contributed by atoms with Crippen LogP contribution in [0.25, 0.3) is 0 Å². The zero-order chi connectivity index (χ0) is 13.8. The maximum absolute atomic E-state index is 11.8. The van der Waals surface area contributed by atoms with Gasteiger partial charge in [0.25, 0.3) is 5.91 Å². The number of pyridine rings is 1. The number of rotatable bonds is 4. The van der Waals surface area contributed by atoms with Crippen LogP contribution in [0.2, 0.25) is 0 Å². The molecule has 0 spiro atoms. The van der Waals surface area contributed by atoms with E-state index in [2.05, 4.69) is 10.3 Å². The molecule has 0 fully saturated rings. The van der Waals surface area contributed by atoms with E-state index in [4.69, 9.17) is 0 Å². The van der Waals surface area contributed by atoms with Crippen LogP contribution in [0.1, 0.15) is 27.7 Å². The molecule has 0 aliphatic heterocycles. The quantitative estimate of drug-likeness (QED) is 0.786. The number of hydrogen-bond acceptors (Lipinski definition) is 4. The standard InChI is InChI=1S/C13H14N2O3S/c1-8-4-11(16)10(5-14-8)13(18)15-6-12(17)9-2-3-19-7-9/h2-5,7,12,17H,6H2,1H3,(H,14,16)(H,15,18). The van der Waals surface area contributed by atoms with Crippen LogP contribution in [0.15, 0.2) is 33.9 Å². The molecular formula is C13H14N2O3S. The molecule has 100 valence electrons. The van der Waals surface area contributed by atoms with E-state index >= 15 is 0 Å². The Hall–Kier alpha value is -1.92. The highest BCUT2D eigenvalue weighted by atomic mass is 32.1. The van der Waals surface area contributed by atoms with E-state index in [1.54, 1.807) is 13.0 Å². The summed E-state index contributed by atoms with van der Waals surface area (Å²) < 4.78 is 0. The monoisotopic (exact) mass is 278 g/mol. The first-order valence-electron chi connectivity index (χ1n) is 5.75. The molecular weight excluding hydrogens is 264 g/mol. The number of H-pyrrole nitrogens is 1. The molecule has 2 rings (SSSR count). The number of aliphatic hydroxyl groups is 1. The van der Waals surface area contributed by atoms with Gasteiger partial charge in [-0.2, -0.15) is 11.3 Å². The molecule has 0 saturated carbocycles. The molecule has 2 aromatic rings. The van der Waals surface area contributed by atoms with Crippen LogP contribution in [-0.2, 0) is 0 Å². The van der Waals surface area contributed by atoms with Gasteiger partial charge in [0, 0.05) is 24.5 Å². The van der Waals surface area contributed by atoms with Gasteiger partial charge in [-0.15, -0.1) is 0 Å². The predicted molar refractivity (Wildman–Crippen MR) is 73.4 cm³/mol. The molecule has 1 amide bonds. The molecule has 0 aliphatic carbocycles. The first-order valence-corrected chi connectivity index (χ1v) is 6.70. The lowest BCUT2D eigenvalue weighted by molar-refractivity contribution is 0.0915. The third-order valence-electron chi connectivity index (χ3n) is 2.69. The number of amides is 1. The molecule has 2 heterocycles. The normalized spacial score (nSPS) is 12.1. The predicted octanol–water partition coefficient (Wildman–Crippen LogP) is 1.21. The number of aliphatic hydroxyl groups excluding tert-OH is 1. The molecule has 1 unspecified atom stereocenters. The summed E-state index contributed by atoms with van der Waals surface area (Å²) in [5.41, 5.74) is 1.16. The average molecular weight is 278 g/mol. The number of thiophene rings is 1. The number of carbonyl (C=O) groups excluding carboxylic acids is 1. The first-order chi connectivity index (χ1) is 9.08. The van der Waals surface area contributed by atoms with Crippen molar-refractivity contribution in [2.24, 2.45) is 0 Å². The third kappa shape index (κ3) is 3.30. The summed E-state index contributed by atoms with van der Waals surface area (Å²) in [7, 11) is 0. The average Bonchev–Trinajstić information content (AvgIpc) is 2.89. The molecule has 2 aromatic heterocycles. The van der Waals surface area contributed by atoms with Crippen molar-refractivity contribution in [1.82, 2.24) is 10.3 Å². The van der Waals surface area contributed by atoms with Crippen LogP contribution in [-0.4, -0.2) is 22.5 Å². The lowest BCUT2D eigenvalue weighted by Gasteiger charge is -2.10. The van der Waals surface area contributed by atoms with E-state index in [9.17, 15) is 14.7 Å². The van der Waals surface area contributed by atoms with Gasteiger partial charge in [-0.1, -0.05) is 0 Å². The molecule has 3 N–H and O–H groups in total. The molecule has 0 aliphatic rings. The van der Waals surface area contributed by atoms with Gasteiger partial charge in [-0.25, -0.2) is 0 Å². The van der Waals surface area contributed by atoms with Gasteiger partial charge < -0.3 is 15.4 Å². The van der Waals surface area contributed by atoms with Crippen molar-refractivity contribution in [2.75, 3.05) is 6.54 Å². The number of nitrogens with one attached hydrogen (secondary N) is 2. The summed E-state index contributed by atoms with van der Waals surface area (Å²) in [6.07, 6.45) is 0.615. The zero-order valence-electron chi connectivity index (χ0n) is 10.3. The fourth-order valence-electron chi connectivity index (χ4n) is 1.62. The van der Waals surface area contributed by atoms with E-state index < -0.39 is 12.0 Å². The Labute approximate surface area is 113 Å². The van der Waals surface area contributed by atoms with Gasteiger partial charge in [0.15, 0.2) is 5.43 Å². The third-order valence-corrected chi connectivity index (χ3v) is 3.39. The van der Waals surface area contributed by atoms with E-state index in [-0.39, 0.29) is 17.5 Å². The summed E-state index contributed by atoms with van der Waals surface area (Å²) in [6.45, 7) is 1.81. The van der Waals surface area contributed by atoms with Gasteiger partial charge in [0.2, 0.25) is 0 Å². The SMILES string of the molecule is Cc1cc(=O)c(C(=O)NCC(O)c2ccsc2)c[nH]1. The molecule has 0 radical (unpaired) electrons. The van der Waals surface area contributed by atoms with Crippen molar-refractivity contribution < 1.29 is 9.90 Å². The van der Waals surface area contributed by atoms with Gasteiger partial charge >= 0.3 is 0 Å². The molecule has 0 aromatic carbocycles. The number of carbonyl (C=O) groups is 1. The lowest BCUT2D eigenvalue weighted by Crippen LogP contribution is -2.32. The van der Waals surface area contributed by atoms with Gasteiger partial charge in [0.05, 0.1) is 6.10 Å². The summed E-state index contributed by atoms with van der Waals surface area (Å²) in [6, 6.07) is 3.16. The van der Waals surface area contributed by atoms with Crippen LogP contribution in [0.3, 0.4) is 0 Å². The van der Waals surface area contributed by atoms with Crippen molar-refractivity contribution in [1.29, 1.82) is 0 Å². The maximum atomic E-state index is 11.8. The Balaban J connectivity index is 2.00. The highest BCUT2D eigenvalue weighted by Gasteiger charge is 2.13. The highest BCUT2D eigenvalue weighted by Crippen LogP contribution is 2.15. The molecule has 6 heteroatoms. The molecule has 0 bridgehead atoms. The second kappa shape index (κ2) is 5.81. The van der Waals surface area contributed by atoms with Crippen molar-refractivity contribution in [3.8, 4) is 0 Å². The number of hydrogen-bond donors (Lipinski definition) is 3. The second-order valence-corrected chi connectivity index (χ2v) is 4.96. The smallest absolute Gasteiger partial charge is 0.256 e. The molecule has 5 nitrogen and oxygen atoms in total.